The molecule has 0 fully saturated rings. The minimum absolute atomic E-state index is 0. The van der Waals surface area contributed by atoms with Gasteiger partial charge in [0, 0.05) is 24.1 Å². The van der Waals surface area contributed by atoms with Crippen molar-refractivity contribution in [1.29, 1.82) is 0 Å². The SMILES string of the molecule is CCCCc1nc(C)n(CCCC)c(=O)c1Cc1ccc(-c2ccccc2-c2noc(=O)[nH]2)cc1.Cl. The maximum Gasteiger partial charge on any atom is 0.439 e. The lowest BCUT2D eigenvalue weighted by atomic mass is 9.96. The van der Waals surface area contributed by atoms with Gasteiger partial charge in [-0.05, 0) is 42.9 Å². The van der Waals surface area contributed by atoms with Gasteiger partial charge in [0.2, 0.25) is 0 Å². The van der Waals surface area contributed by atoms with Gasteiger partial charge in [0.1, 0.15) is 5.82 Å². The van der Waals surface area contributed by atoms with Crippen molar-refractivity contribution in [2.75, 3.05) is 0 Å². The highest BCUT2D eigenvalue weighted by Gasteiger charge is 2.16. The van der Waals surface area contributed by atoms with Crippen LogP contribution in [0.25, 0.3) is 22.5 Å². The van der Waals surface area contributed by atoms with Crippen molar-refractivity contribution >= 4 is 12.4 Å². The van der Waals surface area contributed by atoms with Gasteiger partial charge in [-0.2, -0.15) is 0 Å². The monoisotopic (exact) mass is 508 g/mol. The summed E-state index contributed by atoms with van der Waals surface area (Å²) in [5, 5.41) is 3.84. The molecule has 2 aromatic carbocycles. The van der Waals surface area contributed by atoms with E-state index in [1.54, 1.807) is 0 Å². The van der Waals surface area contributed by atoms with Gasteiger partial charge in [0.15, 0.2) is 5.82 Å². The molecule has 0 radical (unpaired) electrons. The minimum atomic E-state index is -0.583. The molecule has 2 aromatic heterocycles. The third-order valence-corrected chi connectivity index (χ3v) is 6.31. The first-order valence-electron chi connectivity index (χ1n) is 12.4. The molecule has 0 aliphatic carbocycles. The van der Waals surface area contributed by atoms with Crippen LogP contribution in [0.3, 0.4) is 0 Å². The van der Waals surface area contributed by atoms with Gasteiger partial charge in [-0.25, -0.2) is 9.78 Å². The number of H-pyrrole nitrogens is 1. The van der Waals surface area contributed by atoms with E-state index in [-0.39, 0.29) is 18.0 Å². The smallest absolute Gasteiger partial charge is 0.297 e. The molecule has 4 aromatic rings. The molecular weight excluding hydrogens is 476 g/mol. The second-order valence-electron chi connectivity index (χ2n) is 8.86. The molecule has 0 aliphatic rings. The molecule has 0 unspecified atom stereocenters. The molecule has 0 bridgehead atoms. The number of rotatable bonds is 10. The number of unbranched alkanes of at least 4 members (excludes halogenated alkanes) is 2. The third-order valence-electron chi connectivity index (χ3n) is 6.31. The fraction of sp³-hybridized carbons (Fsp3) is 0.357. The first-order chi connectivity index (χ1) is 17.0. The molecule has 36 heavy (non-hydrogen) atoms. The summed E-state index contributed by atoms with van der Waals surface area (Å²) in [7, 11) is 0. The number of nitrogens with zero attached hydrogens (tertiary/aromatic N) is 3. The molecule has 0 atom stereocenters. The lowest BCUT2D eigenvalue weighted by Crippen LogP contribution is -2.29. The average Bonchev–Trinajstić information content (AvgIpc) is 3.31. The van der Waals surface area contributed by atoms with Crippen molar-refractivity contribution < 1.29 is 4.52 Å². The van der Waals surface area contributed by atoms with Crippen LogP contribution in [0.5, 0.6) is 0 Å². The van der Waals surface area contributed by atoms with Crippen LogP contribution >= 0.6 is 12.4 Å². The molecule has 0 aliphatic heterocycles. The molecular formula is C28H33ClN4O3. The van der Waals surface area contributed by atoms with Crippen LogP contribution in [0.2, 0.25) is 0 Å². The maximum absolute atomic E-state index is 13.5. The fourth-order valence-electron chi connectivity index (χ4n) is 4.36. The molecule has 0 spiro atoms. The molecule has 7 nitrogen and oxygen atoms in total. The Morgan fingerprint density at radius 3 is 2.28 bits per heavy atom. The Bertz CT molecular complexity index is 1400. The largest absolute Gasteiger partial charge is 0.439 e. The zero-order valence-electron chi connectivity index (χ0n) is 21.0. The second kappa shape index (κ2) is 12.5. The summed E-state index contributed by atoms with van der Waals surface area (Å²) >= 11 is 0. The Morgan fingerprint density at radius 1 is 0.944 bits per heavy atom. The van der Waals surface area contributed by atoms with E-state index in [4.69, 9.17) is 4.98 Å². The third kappa shape index (κ3) is 6.02. The standard InChI is InChI=1S/C28H32N4O3.ClH/c1-4-6-12-25-24(27(33)32(17-7-5-2)19(3)29-25)18-20-13-15-21(16-14-20)22-10-8-9-11-23(22)26-30-28(34)35-31-26;/h8-11,13-16H,4-7,12,17-18H2,1-3H3,(H,30,31,34);1H. The number of hydrogen-bond donors (Lipinski definition) is 1. The Labute approximate surface area is 217 Å². The van der Waals surface area contributed by atoms with E-state index in [0.29, 0.717) is 18.8 Å². The summed E-state index contributed by atoms with van der Waals surface area (Å²) in [4.78, 5) is 32.4. The molecule has 0 saturated carbocycles. The number of aromatic amines is 1. The highest BCUT2D eigenvalue weighted by molar-refractivity contribution is 5.85. The predicted molar refractivity (Wildman–Crippen MR) is 145 cm³/mol. The summed E-state index contributed by atoms with van der Waals surface area (Å²) in [6, 6.07) is 15.9. The summed E-state index contributed by atoms with van der Waals surface area (Å²) in [6.07, 6.45) is 5.43. The molecule has 8 heteroatoms. The van der Waals surface area contributed by atoms with Crippen LogP contribution in [0, 0.1) is 6.92 Å². The van der Waals surface area contributed by atoms with Crippen molar-refractivity contribution in [3.63, 3.8) is 0 Å². The van der Waals surface area contributed by atoms with Gasteiger partial charge >= 0.3 is 5.76 Å². The molecule has 0 amide bonds. The zero-order chi connectivity index (χ0) is 24.8. The molecule has 0 saturated heterocycles. The van der Waals surface area contributed by atoms with Crippen molar-refractivity contribution in [3.05, 3.63) is 92.1 Å². The van der Waals surface area contributed by atoms with E-state index in [9.17, 15) is 9.59 Å². The number of hydrogen-bond acceptors (Lipinski definition) is 5. The van der Waals surface area contributed by atoms with Crippen LogP contribution in [0.4, 0.5) is 0 Å². The van der Waals surface area contributed by atoms with Crippen molar-refractivity contribution in [3.8, 4) is 22.5 Å². The second-order valence-corrected chi connectivity index (χ2v) is 8.86. The van der Waals surface area contributed by atoms with Crippen LogP contribution in [-0.4, -0.2) is 19.7 Å². The van der Waals surface area contributed by atoms with E-state index in [0.717, 1.165) is 71.4 Å². The Kier molecular flexibility index (Phi) is 9.42. The molecule has 190 valence electrons. The lowest BCUT2D eigenvalue weighted by Gasteiger charge is -2.15. The summed E-state index contributed by atoms with van der Waals surface area (Å²) < 4.78 is 6.52. The van der Waals surface area contributed by atoms with Gasteiger partial charge in [-0.1, -0.05) is 80.4 Å². The minimum Gasteiger partial charge on any atom is -0.297 e. The first kappa shape index (κ1) is 27.1. The number of aryl methyl sites for hydroxylation is 2. The lowest BCUT2D eigenvalue weighted by molar-refractivity contribution is 0.388. The van der Waals surface area contributed by atoms with Crippen molar-refractivity contribution in [1.82, 2.24) is 19.7 Å². The van der Waals surface area contributed by atoms with Gasteiger partial charge < -0.3 is 0 Å². The zero-order valence-corrected chi connectivity index (χ0v) is 21.9. The van der Waals surface area contributed by atoms with E-state index < -0.39 is 5.76 Å². The van der Waals surface area contributed by atoms with E-state index in [1.807, 2.05) is 47.9 Å². The van der Waals surface area contributed by atoms with E-state index in [1.165, 1.54) is 0 Å². The van der Waals surface area contributed by atoms with Gasteiger partial charge in [0.25, 0.3) is 5.56 Å². The predicted octanol–water partition coefficient (Wildman–Crippen LogP) is 5.72. The fourth-order valence-corrected chi connectivity index (χ4v) is 4.36. The Hall–Kier alpha value is -3.45. The van der Waals surface area contributed by atoms with E-state index in [2.05, 4.69) is 40.6 Å². The number of benzene rings is 2. The number of halogens is 1. The number of aromatic nitrogens is 4. The number of nitrogens with one attached hydrogen (secondary N) is 1. The summed E-state index contributed by atoms with van der Waals surface area (Å²) in [6.45, 7) is 6.92. The summed E-state index contributed by atoms with van der Waals surface area (Å²) in [5.74, 6) is 0.616. The van der Waals surface area contributed by atoms with Crippen molar-refractivity contribution in [2.45, 2.75) is 65.8 Å². The van der Waals surface area contributed by atoms with Gasteiger partial charge in [0.05, 0.1) is 5.69 Å². The van der Waals surface area contributed by atoms with Crippen molar-refractivity contribution in [2.24, 2.45) is 0 Å². The highest BCUT2D eigenvalue weighted by Crippen LogP contribution is 2.30. The highest BCUT2D eigenvalue weighted by atomic mass is 35.5. The Morgan fingerprint density at radius 2 is 1.64 bits per heavy atom. The van der Waals surface area contributed by atoms with Gasteiger partial charge in [-0.15, -0.1) is 12.4 Å². The van der Waals surface area contributed by atoms with Crippen LogP contribution in [-0.2, 0) is 19.4 Å². The molecule has 1 N–H and O–H groups in total. The topological polar surface area (TPSA) is 93.8 Å². The first-order valence-corrected chi connectivity index (χ1v) is 12.4. The molecule has 2 heterocycles. The van der Waals surface area contributed by atoms with E-state index >= 15 is 0 Å². The normalized spacial score (nSPS) is 10.9. The van der Waals surface area contributed by atoms with Crippen LogP contribution in [0.1, 0.15) is 62.2 Å². The molecule has 4 rings (SSSR count). The van der Waals surface area contributed by atoms with Crippen LogP contribution < -0.4 is 11.3 Å². The average molecular weight is 509 g/mol. The Balaban J connectivity index is 0.00000361. The van der Waals surface area contributed by atoms with Gasteiger partial charge in [-0.3, -0.25) is 18.9 Å². The summed E-state index contributed by atoms with van der Waals surface area (Å²) in [5.41, 5.74) is 5.58. The maximum atomic E-state index is 13.5. The van der Waals surface area contributed by atoms with Crippen LogP contribution in [0.15, 0.2) is 62.6 Å². The quantitative estimate of drug-likeness (QED) is 0.296.